The van der Waals surface area contributed by atoms with Gasteiger partial charge in [-0.1, -0.05) is 39.0 Å². The molecule has 26 heavy (non-hydrogen) atoms. The van der Waals surface area contributed by atoms with E-state index in [-0.39, 0.29) is 17.1 Å². The fraction of sp³-hybridized carbons (Fsp3) is 0.526. The molecule has 146 valence electrons. The molecule has 1 aromatic carbocycles. The predicted octanol–water partition coefficient (Wildman–Crippen LogP) is 4.35. The molecule has 0 amide bonds. The smallest absolute Gasteiger partial charge is 0.339 e. The zero-order chi connectivity index (χ0) is 19.7. The van der Waals surface area contributed by atoms with E-state index >= 15 is 0 Å². The van der Waals surface area contributed by atoms with Gasteiger partial charge in [-0.2, -0.15) is 8.42 Å². The zero-order valence-electron chi connectivity index (χ0n) is 15.6. The van der Waals surface area contributed by atoms with Crippen LogP contribution in [0.25, 0.3) is 11.0 Å². The molecule has 0 saturated carbocycles. The van der Waals surface area contributed by atoms with Crippen molar-refractivity contribution < 1.29 is 22.5 Å². The van der Waals surface area contributed by atoms with E-state index < -0.39 is 10.1 Å². The first-order chi connectivity index (χ1) is 12.2. The second kappa shape index (κ2) is 10.3. The highest BCUT2D eigenvalue weighted by molar-refractivity contribution is 7.85. The van der Waals surface area contributed by atoms with E-state index in [1.165, 1.54) is 25.3 Å². The minimum absolute atomic E-state index is 0.0842. The van der Waals surface area contributed by atoms with Crippen molar-refractivity contribution in [2.24, 2.45) is 0 Å². The maximum absolute atomic E-state index is 11.3. The average molecular weight is 384 g/mol. The summed E-state index contributed by atoms with van der Waals surface area (Å²) >= 11 is 0. The minimum Gasteiger partial charge on any atom is -0.508 e. The molecule has 1 heterocycles. The third-order valence-electron chi connectivity index (χ3n) is 4.20. The van der Waals surface area contributed by atoms with Crippen molar-refractivity contribution in [1.82, 2.24) is 0 Å². The second-order valence-electron chi connectivity index (χ2n) is 6.37. The lowest BCUT2D eigenvalue weighted by atomic mass is 10.1. The largest absolute Gasteiger partial charge is 0.508 e. The molecule has 0 fully saturated rings. The Morgan fingerprint density at radius 3 is 2.23 bits per heavy atom. The molecule has 0 bridgehead atoms. The number of aromatic hydroxyl groups is 1. The number of hydrogen-bond acceptors (Lipinski definition) is 5. The van der Waals surface area contributed by atoms with Gasteiger partial charge in [-0.3, -0.25) is 4.55 Å². The van der Waals surface area contributed by atoms with Gasteiger partial charge in [-0.05, 0) is 38.0 Å². The second-order valence-corrected chi connectivity index (χ2v) is 7.95. The Bertz CT molecular complexity index is 867. The van der Waals surface area contributed by atoms with E-state index in [2.05, 4.69) is 6.92 Å². The van der Waals surface area contributed by atoms with E-state index in [0.717, 1.165) is 23.8 Å². The molecule has 0 atom stereocenters. The molecule has 1 aromatic heterocycles. The van der Waals surface area contributed by atoms with Gasteiger partial charge < -0.3 is 9.52 Å². The Morgan fingerprint density at radius 1 is 1.00 bits per heavy atom. The van der Waals surface area contributed by atoms with Crippen molar-refractivity contribution in [2.45, 2.75) is 59.3 Å². The Balaban J connectivity index is 0.000000265. The molecule has 0 spiro atoms. The van der Waals surface area contributed by atoms with Gasteiger partial charge in [0.15, 0.2) is 0 Å². The third kappa shape index (κ3) is 7.58. The van der Waals surface area contributed by atoms with Gasteiger partial charge in [0.05, 0.1) is 5.75 Å². The fourth-order valence-electron chi connectivity index (χ4n) is 2.50. The van der Waals surface area contributed by atoms with E-state index in [1.807, 2.05) is 6.92 Å². The Morgan fingerprint density at radius 2 is 1.62 bits per heavy atom. The maximum Gasteiger partial charge on any atom is 0.339 e. The zero-order valence-corrected chi connectivity index (χ0v) is 16.4. The molecule has 6 nitrogen and oxygen atoms in total. The summed E-state index contributed by atoms with van der Waals surface area (Å²) in [5.41, 5.74) is 1.60. The van der Waals surface area contributed by atoms with E-state index in [9.17, 15) is 18.3 Å². The molecule has 7 heteroatoms. The van der Waals surface area contributed by atoms with E-state index in [0.29, 0.717) is 17.6 Å². The summed E-state index contributed by atoms with van der Waals surface area (Å²) in [5.74, 6) is 0.0166. The summed E-state index contributed by atoms with van der Waals surface area (Å²) in [6.45, 7) is 5.73. The lowest BCUT2D eigenvalue weighted by Gasteiger charge is -2.03. The van der Waals surface area contributed by atoms with E-state index in [1.54, 1.807) is 19.1 Å². The molecular weight excluding hydrogens is 356 g/mol. The van der Waals surface area contributed by atoms with Crippen molar-refractivity contribution in [3.8, 4) is 5.75 Å². The van der Waals surface area contributed by atoms with Crippen molar-refractivity contribution in [2.75, 3.05) is 5.75 Å². The summed E-state index contributed by atoms with van der Waals surface area (Å²) in [6, 6.07) is 4.77. The number of phenols is 1. The van der Waals surface area contributed by atoms with Crippen molar-refractivity contribution in [3.05, 3.63) is 39.7 Å². The number of aryl methyl sites for hydroxylation is 1. The predicted molar refractivity (Wildman–Crippen MR) is 103 cm³/mol. The first-order valence-corrected chi connectivity index (χ1v) is 10.4. The van der Waals surface area contributed by atoms with Gasteiger partial charge in [-0.15, -0.1) is 0 Å². The normalized spacial score (nSPS) is 11.2. The van der Waals surface area contributed by atoms with Gasteiger partial charge in [0, 0.05) is 17.0 Å². The SMILES string of the molecule is CCCCCCCCS(=O)(=O)O.Cc1c(C)c2ccc(O)cc2oc1=O. The van der Waals surface area contributed by atoms with Crippen LogP contribution < -0.4 is 5.63 Å². The summed E-state index contributed by atoms with van der Waals surface area (Å²) in [4.78, 5) is 11.3. The van der Waals surface area contributed by atoms with Crippen LogP contribution in [0.4, 0.5) is 0 Å². The number of benzene rings is 1. The first-order valence-electron chi connectivity index (χ1n) is 8.84. The lowest BCUT2D eigenvalue weighted by Crippen LogP contribution is -2.05. The highest BCUT2D eigenvalue weighted by atomic mass is 32.2. The standard InChI is InChI=1S/C11H10O3.C8H18O3S/c1-6-7(2)11(13)14-10-5-8(12)3-4-9(6)10;1-2-3-4-5-6-7-8-12(9,10)11/h3-5,12H,1-2H3;2-8H2,1H3,(H,9,10,11). The highest BCUT2D eigenvalue weighted by Gasteiger charge is 2.07. The summed E-state index contributed by atoms with van der Waals surface area (Å²) < 4.78 is 34.0. The number of rotatable bonds is 7. The molecule has 0 unspecified atom stereocenters. The molecule has 2 aromatic rings. The lowest BCUT2D eigenvalue weighted by molar-refractivity contribution is 0.472. The number of phenolic OH excluding ortho intramolecular Hbond substituents is 1. The van der Waals surface area contributed by atoms with Crippen LogP contribution in [0.1, 0.15) is 56.6 Å². The summed E-state index contributed by atoms with van der Waals surface area (Å²) in [5, 5.41) is 10.1. The molecule has 0 aliphatic carbocycles. The van der Waals surface area contributed by atoms with Crippen LogP contribution in [-0.4, -0.2) is 23.8 Å². The fourth-order valence-corrected chi connectivity index (χ4v) is 3.07. The van der Waals surface area contributed by atoms with Gasteiger partial charge in [0.2, 0.25) is 0 Å². The molecular formula is C19H28O6S. The molecule has 0 aliphatic rings. The molecule has 0 aliphatic heterocycles. The van der Waals surface area contributed by atoms with E-state index in [4.69, 9.17) is 8.97 Å². The molecule has 0 saturated heterocycles. The van der Waals surface area contributed by atoms with Crippen LogP contribution in [0.5, 0.6) is 5.75 Å². The highest BCUT2D eigenvalue weighted by Crippen LogP contribution is 2.22. The monoisotopic (exact) mass is 384 g/mol. The number of fused-ring (bicyclic) bond motifs is 1. The molecule has 0 radical (unpaired) electrons. The van der Waals surface area contributed by atoms with Gasteiger partial charge in [0.25, 0.3) is 10.1 Å². The van der Waals surface area contributed by atoms with Crippen molar-refractivity contribution in [3.63, 3.8) is 0 Å². The molecule has 2 rings (SSSR count). The number of unbranched alkanes of at least 4 members (excludes halogenated alkanes) is 5. The van der Waals surface area contributed by atoms with Gasteiger partial charge >= 0.3 is 5.63 Å². The van der Waals surface area contributed by atoms with Crippen LogP contribution in [0.3, 0.4) is 0 Å². The van der Waals surface area contributed by atoms with Crippen molar-refractivity contribution in [1.29, 1.82) is 0 Å². The average Bonchev–Trinajstić information content (AvgIpc) is 2.55. The van der Waals surface area contributed by atoms with Crippen LogP contribution in [0, 0.1) is 13.8 Å². The van der Waals surface area contributed by atoms with Crippen LogP contribution in [0.2, 0.25) is 0 Å². The first kappa shape index (κ1) is 22.2. The van der Waals surface area contributed by atoms with Gasteiger partial charge in [0.1, 0.15) is 11.3 Å². The van der Waals surface area contributed by atoms with Crippen LogP contribution in [0.15, 0.2) is 27.4 Å². The minimum atomic E-state index is -3.72. The maximum atomic E-state index is 11.3. The summed E-state index contributed by atoms with van der Waals surface area (Å²) in [6.07, 6.45) is 6.14. The van der Waals surface area contributed by atoms with Gasteiger partial charge in [-0.25, -0.2) is 4.79 Å². The van der Waals surface area contributed by atoms with Crippen LogP contribution in [-0.2, 0) is 10.1 Å². The number of hydrogen-bond donors (Lipinski definition) is 2. The Hall–Kier alpha value is -1.86. The van der Waals surface area contributed by atoms with Crippen LogP contribution >= 0.6 is 0 Å². The Labute approximate surface area is 154 Å². The Kier molecular flexibility index (Phi) is 8.81. The topological polar surface area (TPSA) is 105 Å². The molecule has 2 N–H and O–H groups in total. The third-order valence-corrected chi connectivity index (χ3v) is 5.00. The quantitative estimate of drug-likeness (QED) is 0.418. The van der Waals surface area contributed by atoms with Crippen molar-refractivity contribution >= 4 is 21.1 Å². The summed E-state index contributed by atoms with van der Waals surface area (Å²) in [7, 11) is -3.72.